The van der Waals surface area contributed by atoms with Gasteiger partial charge in [0.2, 0.25) is 0 Å². The zero-order valence-electron chi connectivity index (χ0n) is 7.74. The van der Waals surface area contributed by atoms with Crippen LogP contribution >= 0.6 is 27.3 Å². The van der Waals surface area contributed by atoms with Crippen molar-refractivity contribution in [1.82, 2.24) is 10.3 Å². The van der Waals surface area contributed by atoms with E-state index < -0.39 is 0 Å². The SMILES string of the molecule is Brc1csc(N2CC[C@H]3CNC[C@H]32)n1. The van der Waals surface area contributed by atoms with E-state index in [0.29, 0.717) is 6.04 Å². The van der Waals surface area contributed by atoms with Gasteiger partial charge in [0.05, 0.1) is 0 Å². The first-order valence-corrected chi connectivity index (χ1v) is 6.60. The van der Waals surface area contributed by atoms with E-state index >= 15 is 0 Å². The van der Waals surface area contributed by atoms with Gasteiger partial charge in [0, 0.05) is 31.1 Å². The molecular weight excluding hydrogens is 262 g/mol. The van der Waals surface area contributed by atoms with Gasteiger partial charge in [-0.1, -0.05) is 0 Å². The predicted octanol–water partition coefficient (Wildman–Crippen LogP) is 1.70. The molecular formula is C9H12BrN3S. The summed E-state index contributed by atoms with van der Waals surface area (Å²) in [5.74, 6) is 0.845. The number of nitrogens with one attached hydrogen (secondary N) is 1. The van der Waals surface area contributed by atoms with Crippen molar-refractivity contribution in [1.29, 1.82) is 0 Å². The number of hydrogen-bond donors (Lipinski definition) is 1. The van der Waals surface area contributed by atoms with Gasteiger partial charge < -0.3 is 10.2 Å². The van der Waals surface area contributed by atoms with Crippen LogP contribution in [0.4, 0.5) is 5.13 Å². The Morgan fingerprint density at radius 3 is 3.29 bits per heavy atom. The number of rotatable bonds is 1. The first-order valence-electron chi connectivity index (χ1n) is 4.93. The lowest BCUT2D eigenvalue weighted by molar-refractivity contribution is 0.578. The normalized spacial score (nSPS) is 31.1. The van der Waals surface area contributed by atoms with Crippen LogP contribution < -0.4 is 10.2 Å². The number of anilines is 1. The molecule has 2 atom stereocenters. The van der Waals surface area contributed by atoms with Crippen LogP contribution in [0.25, 0.3) is 0 Å². The van der Waals surface area contributed by atoms with Crippen LogP contribution in [-0.2, 0) is 0 Å². The van der Waals surface area contributed by atoms with Gasteiger partial charge in [-0.3, -0.25) is 0 Å². The molecule has 1 aromatic heterocycles. The van der Waals surface area contributed by atoms with Crippen LogP contribution in [0.5, 0.6) is 0 Å². The van der Waals surface area contributed by atoms with Crippen LogP contribution in [-0.4, -0.2) is 30.7 Å². The van der Waals surface area contributed by atoms with Crippen molar-refractivity contribution in [2.45, 2.75) is 12.5 Å². The Morgan fingerprint density at radius 2 is 2.50 bits per heavy atom. The highest BCUT2D eigenvalue weighted by Gasteiger charge is 2.38. The number of nitrogens with zero attached hydrogens (tertiary/aromatic N) is 2. The van der Waals surface area contributed by atoms with Crippen molar-refractivity contribution in [3.63, 3.8) is 0 Å². The molecule has 0 aliphatic carbocycles. The second kappa shape index (κ2) is 3.47. The minimum absolute atomic E-state index is 0.688. The highest BCUT2D eigenvalue weighted by molar-refractivity contribution is 9.10. The molecule has 0 unspecified atom stereocenters. The van der Waals surface area contributed by atoms with Crippen molar-refractivity contribution >= 4 is 32.4 Å². The maximum atomic E-state index is 4.49. The van der Waals surface area contributed by atoms with Gasteiger partial charge >= 0.3 is 0 Å². The molecule has 0 radical (unpaired) electrons. The van der Waals surface area contributed by atoms with Crippen LogP contribution in [0.1, 0.15) is 6.42 Å². The summed E-state index contributed by atoms with van der Waals surface area (Å²) in [6.07, 6.45) is 1.31. The average molecular weight is 274 g/mol. The summed E-state index contributed by atoms with van der Waals surface area (Å²) in [5, 5.41) is 6.69. The molecule has 3 heterocycles. The lowest BCUT2D eigenvalue weighted by Gasteiger charge is -2.22. The molecule has 1 aromatic rings. The number of fused-ring (bicyclic) bond motifs is 1. The quantitative estimate of drug-likeness (QED) is 0.845. The van der Waals surface area contributed by atoms with E-state index in [-0.39, 0.29) is 0 Å². The van der Waals surface area contributed by atoms with E-state index in [9.17, 15) is 0 Å². The molecule has 0 aromatic carbocycles. The summed E-state index contributed by atoms with van der Waals surface area (Å²) >= 11 is 5.14. The molecule has 2 aliphatic rings. The minimum Gasteiger partial charge on any atom is -0.343 e. The Kier molecular flexibility index (Phi) is 2.26. The van der Waals surface area contributed by atoms with Crippen molar-refractivity contribution in [2.24, 2.45) is 5.92 Å². The van der Waals surface area contributed by atoms with E-state index in [4.69, 9.17) is 0 Å². The highest BCUT2D eigenvalue weighted by Crippen LogP contribution is 2.34. The second-order valence-corrected chi connectivity index (χ2v) is 5.57. The highest BCUT2D eigenvalue weighted by atomic mass is 79.9. The van der Waals surface area contributed by atoms with Crippen molar-refractivity contribution < 1.29 is 0 Å². The zero-order chi connectivity index (χ0) is 9.54. The topological polar surface area (TPSA) is 28.2 Å². The van der Waals surface area contributed by atoms with Crippen LogP contribution in [0, 0.1) is 5.92 Å². The van der Waals surface area contributed by atoms with Gasteiger partial charge in [-0.15, -0.1) is 11.3 Å². The van der Waals surface area contributed by atoms with E-state index in [1.54, 1.807) is 11.3 Å². The molecule has 3 nitrogen and oxygen atoms in total. The minimum atomic E-state index is 0.688. The maximum absolute atomic E-state index is 4.49. The molecule has 2 aliphatic heterocycles. The molecule has 2 saturated heterocycles. The summed E-state index contributed by atoms with van der Waals surface area (Å²) in [6.45, 7) is 3.49. The number of hydrogen-bond acceptors (Lipinski definition) is 4. The Bertz CT molecular complexity index is 341. The number of thiazole rings is 1. The Morgan fingerprint density at radius 1 is 1.57 bits per heavy atom. The van der Waals surface area contributed by atoms with Crippen LogP contribution in [0.2, 0.25) is 0 Å². The van der Waals surface area contributed by atoms with E-state index in [2.05, 4.69) is 36.5 Å². The molecule has 14 heavy (non-hydrogen) atoms. The molecule has 0 spiro atoms. The van der Waals surface area contributed by atoms with E-state index in [1.165, 1.54) is 24.6 Å². The molecule has 3 rings (SSSR count). The predicted molar refractivity (Wildman–Crippen MR) is 61.9 cm³/mol. The third-order valence-corrected chi connectivity index (χ3v) is 4.74. The molecule has 76 valence electrons. The standard InChI is InChI=1S/C9H12BrN3S/c10-8-5-14-9(12-8)13-2-1-6-3-11-4-7(6)13/h5-7,11H,1-4H2/t6-,7+/m0/s1. The van der Waals surface area contributed by atoms with Crippen molar-refractivity contribution in [2.75, 3.05) is 24.5 Å². The Balaban J connectivity index is 1.85. The zero-order valence-corrected chi connectivity index (χ0v) is 10.1. The fourth-order valence-corrected chi connectivity index (χ4v) is 3.80. The molecule has 2 fully saturated rings. The van der Waals surface area contributed by atoms with Gasteiger partial charge in [-0.25, -0.2) is 4.98 Å². The Labute approximate surface area is 95.6 Å². The lowest BCUT2D eigenvalue weighted by atomic mass is 10.1. The van der Waals surface area contributed by atoms with Gasteiger partial charge in [0.15, 0.2) is 5.13 Å². The fourth-order valence-electron chi connectivity index (χ4n) is 2.46. The average Bonchev–Trinajstić information content (AvgIpc) is 2.77. The van der Waals surface area contributed by atoms with Gasteiger partial charge in [-0.05, 0) is 28.3 Å². The van der Waals surface area contributed by atoms with E-state index in [0.717, 1.165) is 17.1 Å². The maximum Gasteiger partial charge on any atom is 0.186 e. The summed E-state index contributed by atoms with van der Waals surface area (Å²) in [7, 11) is 0. The fraction of sp³-hybridized carbons (Fsp3) is 0.667. The van der Waals surface area contributed by atoms with Crippen LogP contribution in [0.3, 0.4) is 0 Å². The summed E-state index contributed by atoms with van der Waals surface area (Å²) in [4.78, 5) is 6.94. The Hall–Kier alpha value is -0.130. The van der Waals surface area contributed by atoms with E-state index in [1.807, 2.05) is 0 Å². The largest absolute Gasteiger partial charge is 0.343 e. The third-order valence-electron chi connectivity index (χ3n) is 3.16. The lowest BCUT2D eigenvalue weighted by Crippen LogP contribution is -2.33. The molecule has 5 heteroatoms. The van der Waals surface area contributed by atoms with Crippen LogP contribution in [0.15, 0.2) is 9.98 Å². The van der Waals surface area contributed by atoms with Crippen molar-refractivity contribution in [3.05, 3.63) is 9.98 Å². The van der Waals surface area contributed by atoms with Gasteiger partial charge in [0.1, 0.15) is 4.60 Å². The van der Waals surface area contributed by atoms with Gasteiger partial charge in [-0.2, -0.15) is 0 Å². The molecule has 0 amide bonds. The molecule has 0 bridgehead atoms. The second-order valence-electron chi connectivity index (χ2n) is 3.92. The number of aromatic nitrogens is 1. The first-order chi connectivity index (χ1) is 6.84. The smallest absolute Gasteiger partial charge is 0.186 e. The number of halogens is 1. The van der Waals surface area contributed by atoms with Crippen molar-refractivity contribution in [3.8, 4) is 0 Å². The summed E-state index contributed by atoms with van der Waals surface area (Å²) < 4.78 is 0.965. The summed E-state index contributed by atoms with van der Waals surface area (Å²) in [6, 6.07) is 0.688. The monoisotopic (exact) mass is 273 g/mol. The molecule has 1 N–H and O–H groups in total. The van der Waals surface area contributed by atoms with Gasteiger partial charge in [0.25, 0.3) is 0 Å². The third kappa shape index (κ3) is 1.38. The first kappa shape index (κ1) is 9.12. The summed E-state index contributed by atoms with van der Waals surface area (Å²) in [5.41, 5.74) is 0. The molecule has 0 saturated carbocycles.